The van der Waals surface area contributed by atoms with Crippen molar-refractivity contribution >= 4 is 5.97 Å². The number of para-hydroxylation sites is 3. The molecule has 0 aliphatic carbocycles. The highest BCUT2D eigenvalue weighted by Crippen LogP contribution is 2.26. The number of methoxy groups -OCH3 is 1. The molecule has 3 aromatic carbocycles. The summed E-state index contributed by atoms with van der Waals surface area (Å²) in [7, 11) is 1.53. The molecule has 0 spiro atoms. The zero-order valence-electron chi connectivity index (χ0n) is 14.6. The Kier molecular flexibility index (Phi) is 5.88. The average molecular weight is 348 g/mol. The van der Waals surface area contributed by atoms with Gasteiger partial charge in [0.25, 0.3) is 0 Å². The third kappa shape index (κ3) is 4.63. The molecule has 4 nitrogen and oxygen atoms in total. The van der Waals surface area contributed by atoms with Gasteiger partial charge in [-0.2, -0.15) is 0 Å². The first-order chi connectivity index (χ1) is 12.8. The van der Waals surface area contributed by atoms with Crippen molar-refractivity contribution in [3.8, 4) is 17.2 Å². The summed E-state index contributed by atoms with van der Waals surface area (Å²) in [4.78, 5) is 12.1. The van der Waals surface area contributed by atoms with Crippen molar-refractivity contribution in [3.63, 3.8) is 0 Å². The number of carbonyl (C=O) groups is 1. The molecule has 0 saturated heterocycles. The van der Waals surface area contributed by atoms with Crippen LogP contribution in [-0.4, -0.2) is 19.7 Å². The lowest BCUT2D eigenvalue weighted by Crippen LogP contribution is -2.18. The van der Waals surface area contributed by atoms with E-state index in [0.29, 0.717) is 17.2 Å². The van der Waals surface area contributed by atoms with E-state index in [1.807, 2.05) is 48.5 Å². The van der Waals surface area contributed by atoms with E-state index in [1.165, 1.54) is 12.7 Å². The van der Waals surface area contributed by atoms with E-state index >= 15 is 0 Å². The van der Waals surface area contributed by atoms with Gasteiger partial charge in [0.05, 0.1) is 7.11 Å². The maximum atomic E-state index is 12.1. The topological polar surface area (TPSA) is 44.8 Å². The Morgan fingerprint density at radius 3 is 2.12 bits per heavy atom. The Morgan fingerprint density at radius 2 is 1.38 bits per heavy atom. The Morgan fingerprint density at radius 1 is 0.769 bits per heavy atom. The van der Waals surface area contributed by atoms with Crippen LogP contribution >= 0.6 is 0 Å². The standard InChI is InChI=1S/C22H20O4/c1-24-20-13-7-8-14-21(20)26-22(23)16-25-19-12-6-5-11-18(19)15-17-9-3-2-4-10-17/h2-14H,15-16H2,1H3. The zero-order chi connectivity index (χ0) is 18.2. The number of hydrogen-bond acceptors (Lipinski definition) is 4. The number of hydrogen-bond donors (Lipinski definition) is 0. The number of carbonyl (C=O) groups excluding carboxylic acids is 1. The van der Waals surface area contributed by atoms with Gasteiger partial charge in [0.1, 0.15) is 5.75 Å². The van der Waals surface area contributed by atoms with Crippen LogP contribution in [-0.2, 0) is 11.2 Å². The van der Waals surface area contributed by atoms with Crippen molar-refractivity contribution in [2.24, 2.45) is 0 Å². The largest absolute Gasteiger partial charge is 0.493 e. The lowest BCUT2D eigenvalue weighted by molar-refractivity contribution is -0.136. The summed E-state index contributed by atoms with van der Waals surface area (Å²) >= 11 is 0. The highest BCUT2D eigenvalue weighted by Gasteiger charge is 2.12. The summed E-state index contributed by atoms with van der Waals surface area (Å²) in [5.74, 6) is 1.07. The van der Waals surface area contributed by atoms with Crippen molar-refractivity contribution in [3.05, 3.63) is 90.0 Å². The molecule has 3 aromatic rings. The van der Waals surface area contributed by atoms with Crippen LogP contribution in [0.3, 0.4) is 0 Å². The fourth-order valence-corrected chi connectivity index (χ4v) is 2.60. The first-order valence-electron chi connectivity index (χ1n) is 8.34. The van der Waals surface area contributed by atoms with Gasteiger partial charge in [-0.05, 0) is 29.3 Å². The minimum absolute atomic E-state index is 0.177. The molecule has 0 N–H and O–H groups in total. The first-order valence-corrected chi connectivity index (χ1v) is 8.34. The molecular formula is C22H20O4. The van der Waals surface area contributed by atoms with Crippen LogP contribution in [0.1, 0.15) is 11.1 Å². The molecule has 0 amide bonds. The molecule has 0 heterocycles. The lowest BCUT2D eigenvalue weighted by Gasteiger charge is -2.12. The summed E-state index contributed by atoms with van der Waals surface area (Å²) in [6.07, 6.45) is 0.735. The second kappa shape index (κ2) is 8.72. The quantitative estimate of drug-likeness (QED) is 0.472. The van der Waals surface area contributed by atoms with Crippen LogP contribution in [0, 0.1) is 0 Å². The van der Waals surface area contributed by atoms with Crippen molar-refractivity contribution in [2.45, 2.75) is 6.42 Å². The highest BCUT2D eigenvalue weighted by molar-refractivity contribution is 5.74. The van der Waals surface area contributed by atoms with E-state index in [0.717, 1.165) is 12.0 Å². The molecule has 0 fully saturated rings. The van der Waals surface area contributed by atoms with E-state index in [-0.39, 0.29) is 6.61 Å². The first kappa shape index (κ1) is 17.5. The molecule has 26 heavy (non-hydrogen) atoms. The van der Waals surface area contributed by atoms with Crippen LogP contribution in [0.25, 0.3) is 0 Å². The maximum absolute atomic E-state index is 12.1. The van der Waals surface area contributed by atoms with Crippen molar-refractivity contribution in [1.82, 2.24) is 0 Å². The molecule has 0 saturated carbocycles. The fraction of sp³-hybridized carbons (Fsp3) is 0.136. The molecule has 0 bridgehead atoms. The number of ether oxygens (including phenoxy) is 3. The zero-order valence-corrected chi connectivity index (χ0v) is 14.6. The number of rotatable bonds is 7. The summed E-state index contributed by atoms with van der Waals surface area (Å²) in [6.45, 7) is -0.177. The minimum Gasteiger partial charge on any atom is -0.493 e. The molecule has 0 unspecified atom stereocenters. The predicted octanol–water partition coefficient (Wildman–Crippen LogP) is 4.27. The minimum atomic E-state index is -0.482. The Hall–Kier alpha value is -3.27. The van der Waals surface area contributed by atoms with Crippen molar-refractivity contribution in [1.29, 1.82) is 0 Å². The van der Waals surface area contributed by atoms with Crippen molar-refractivity contribution in [2.75, 3.05) is 13.7 Å². The van der Waals surface area contributed by atoms with Crippen LogP contribution < -0.4 is 14.2 Å². The van der Waals surface area contributed by atoms with Gasteiger partial charge in [-0.1, -0.05) is 60.7 Å². The fourth-order valence-electron chi connectivity index (χ4n) is 2.60. The van der Waals surface area contributed by atoms with Gasteiger partial charge in [0.15, 0.2) is 18.1 Å². The smallest absolute Gasteiger partial charge is 0.349 e. The molecule has 0 atom stereocenters. The van der Waals surface area contributed by atoms with E-state index in [9.17, 15) is 4.79 Å². The molecule has 0 aliphatic heterocycles. The van der Waals surface area contributed by atoms with Crippen molar-refractivity contribution < 1.29 is 19.0 Å². The average Bonchev–Trinajstić information content (AvgIpc) is 2.68. The van der Waals surface area contributed by atoms with Gasteiger partial charge in [-0.3, -0.25) is 0 Å². The molecule has 0 aromatic heterocycles. The SMILES string of the molecule is COc1ccccc1OC(=O)COc1ccccc1Cc1ccccc1. The van der Waals surface area contributed by atoms with Gasteiger partial charge in [0, 0.05) is 6.42 Å². The predicted molar refractivity (Wildman–Crippen MR) is 99.8 cm³/mol. The van der Waals surface area contributed by atoms with E-state index < -0.39 is 5.97 Å². The lowest BCUT2D eigenvalue weighted by atomic mass is 10.0. The Bertz CT molecular complexity index is 859. The third-order valence-corrected chi connectivity index (χ3v) is 3.85. The molecule has 0 aliphatic rings. The van der Waals surface area contributed by atoms with E-state index in [1.54, 1.807) is 18.2 Å². The summed E-state index contributed by atoms with van der Waals surface area (Å²) in [5.41, 5.74) is 2.20. The number of benzene rings is 3. The summed E-state index contributed by atoms with van der Waals surface area (Å²) < 4.78 is 16.2. The second-order valence-electron chi connectivity index (χ2n) is 5.68. The second-order valence-corrected chi connectivity index (χ2v) is 5.68. The van der Waals surface area contributed by atoms with Crippen LogP contribution in [0.5, 0.6) is 17.2 Å². The molecule has 3 rings (SSSR count). The van der Waals surface area contributed by atoms with Gasteiger partial charge in [-0.25, -0.2) is 4.79 Å². The highest BCUT2D eigenvalue weighted by atomic mass is 16.6. The maximum Gasteiger partial charge on any atom is 0.349 e. The summed E-state index contributed by atoms with van der Waals surface area (Å²) in [6, 6.07) is 24.8. The van der Waals surface area contributed by atoms with Gasteiger partial charge < -0.3 is 14.2 Å². The molecule has 4 heteroatoms. The van der Waals surface area contributed by atoms with Crippen LogP contribution in [0.4, 0.5) is 0 Å². The Balaban J connectivity index is 1.63. The van der Waals surface area contributed by atoms with Gasteiger partial charge in [-0.15, -0.1) is 0 Å². The monoisotopic (exact) mass is 348 g/mol. The van der Waals surface area contributed by atoms with Crippen LogP contribution in [0.2, 0.25) is 0 Å². The van der Waals surface area contributed by atoms with Gasteiger partial charge in [0.2, 0.25) is 0 Å². The van der Waals surface area contributed by atoms with Crippen LogP contribution in [0.15, 0.2) is 78.9 Å². The molecular weight excluding hydrogens is 328 g/mol. The van der Waals surface area contributed by atoms with E-state index in [4.69, 9.17) is 14.2 Å². The molecule has 132 valence electrons. The van der Waals surface area contributed by atoms with Gasteiger partial charge >= 0.3 is 5.97 Å². The Labute approximate surface area is 153 Å². The number of esters is 1. The third-order valence-electron chi connectivity index (χ3n) is 3.85. The molecule has 0 radical (unpaired) electrons. The summed E-state index contributed by atoms with van der Waals surface area (Å²) in [5, 5.41) is 0. The van der Waals surface area contributed by atoms with E-state index in [2.05, 4.69) is 12.1 Å². The normalized spacial score (nSPS) is 10.2.